The first kappa shape index (κ1) is 28.7. The van der Waals surface area contributed by atoms with Gasteiger partial charge >= 0.3 is 5.97 Å². The van der Waals surface area contributed by atoms with E-state index in [2.05, 4.69) is 0 Å². The summed E-state index contributed by atoms with van der Waals surface area (Å²) in [7, 11) is 0. The number of esters is 1. The molecule has 0 amide bonds. The molecule has 0 aliphatic heterocycles. The molecule has 0 heterocycles. The number of allylic oxidation sites excluding steroid dienone is 1. The minimum absolute atomic E-state index is 0.118. The summed E-state index contributed by atoms with van der Waals surface area (Å²) in [5.74, 6) is -1.54. The fourth-order valence-electron chi connectivity index (χ4n) is 8.63. The monoisotopic (exact) mass is 522 g/mol. The second-order valence-corrected chi connectivity index (χ2v) is 13.8. The lowest BCUT2D eigenvalue weighted by Gasteiger charge is -2.60. The van der Waals surface area contributed by atoms with Crippen LogP contribution in [0.5, 0.6) is 0 Å². The van der Waals surface area contributed by atoms with E-state index in [1.807, 2.05) is 13.8 Å². The average molecular weight is 523 g/mol. The molecular weight excluding hydrogens is 476 g/mol. The molecule has 5 N–H and O–H groups in total. The maximum atomic E-state index is 13.4. The third-order valence-corrected chi connectivity index (χ3v) is 10.8. The minimum Gasteiger partial charge on any atom is -0.460 e. The van der Waals surface area contributed by atoms with Gasteiger partial charge in [0.2, 0.25) is 0 Å². The molecule has 8 nitrogen and oxygen atoms in total. The number of aliphatic hydroxyl groups excluding tert-OH is 2. The Morgan fingerprint density at radius 3 is 2.41 bits per heavy atom. The molecule has 210 valence electrons. The maximum absolute atomic E-state index is 13.4. The number of carbonyl (C=O) groups excluding carboxylic acids is 2. The van der Waals surface area contributed by atoms with Crippen molar-refractivity contribution >= 4 is 11.8 Å². The molecule has 0 unspecified atom stereocenters. The third-order valence-electron chi connectivity index (χ3n) is 10.8. The number of carbonyl (C=O) groups is 2. The second-order valence-electron chi connectivity index (χ2n) is 13.8. The summed E-state index contributed by atoms with van der Waals surface area (Å²) >= 11 is 0. The zero-order chi connectivity index (χ0) is 27.8. The van der Waals surface area contributed by atoms with Crippen molar-refractivity contribution in [3.63, 3.8) is 0 Å². The van der Waals surface area contributed by atoms with E-state index in [4.69, 9.17) is 4.74 Å². The predicted octanol–water partition coefficient (Wildman–Crippen LogP) is 2.42. The van der Waals surface area contributed by atoms with Gasteiger partial charge in [0.25, 0.3) is 0 Å². The highest BCUT2D eigenvalue weighted by molar-refractivity contribution is 5.95. The number of hydrogen-bond acceptors (Lipinski definition) is 8. The topological polar surface area (TPSA) is 145 Å². The lowest BCUT2D eigenvalue weighted by atomic mass is 9.45. The summed E-state index contributed by atoms with van der Waals surface area (Å²) in [4.78, 5) is 25.1. The zero-order valence-corrected chi connectivity index (χ0v) is 23.2. The van der Waals surface area contributed by atoms with E-state index < -0.39 is 63.8 Å². The predicted molar refractivity (Wildman–Crippen MR) is 136 cm³/mol. The van der Waals surface area contributed by atoms with E-state index in [9.17, 15) is 35.1 Å². The standard InChI is InChI=1S/C29H46O8/c1-16(30)37-22-15-26(4)17-7-11-27(5)23(28(6,35)24(33)9-10-25(2,3)34)8-12-29(27,36)18(17)13-20(31)19(26)14-21(22)32/h13,17,19,21-24,32-36H,7-12,14-15H2,1-6H3/t17-,19-,21+,22-,23-,24+,26+,27+,28+,29-/m0/s1. The number of fused-ring (bicyclic) bond motifs is 5. The Hall–Kier alpha value is -1.32. The Labute approximate surface area is 220 Å². The second kappa shape index (κ2) is 9.12. The van der Waals surface area contributed by atoms with Gasteiger partial charge in [-0.05, 0) is 101 Å². The van der Waals surface area contributed by atoms with E-state index in [1.165, 1.54) is 6.92 Å². The van der Waals surface area contributed by atoms with E-state index in [1.54, 1.807) is 26.8 Å². The minimum atomic E-state index is -1.49. The molecular formula is C29H46O8. The van der Waals surface area contributed by atoms with Gasteiger partial charge in [-0.15, -0.1) is 0 Å². The summed E-state index contributed by atoms with van der Waals surface area (Å²) in [5, 5.41) is 55.7. The highest BCUT2D eigenvalue weighted by Crippen LogP contribution is 2.68. The Morgan fingerprint density at radius 1 is 1.16 bits per heavy atom. The van der Waals surface area contributed by atoms with Gasteiger partial charge in [0, 0.05) is 18.3 Å². The van der Waals surface area contributed by atoms with Crippen molar-refractivity contribution in [1.29, 1.82) is 0 Å². The molecule has 3 fully saturated rings. The van der Waals surface area contributed by atoms with Crippen LogP contribution in [0.25, 0.3) is 0 Å². The highest BCUT2D eigenvalue weighted by atomic mass is 16.6. The first-order valence-electron chi connectivity index (χ1n) is 13.8. The zero-order valence-electron chi connectivity index (χ0n) is 23.2. The van der Waals surface area contributed by atoms with Crippen molar-refractivity contribution in [2.24, 2.45) is 28.6 Å². The van der Waals surface area contributed by atoms with Crippen molar-refractivity contribution in [3.8, 4) is 0 Å². The lowest BCUT2D eigenvalue weighted by Crippen LogP contribution is -2.63. The van der Waals surface area contributed by atoms with Gasteiger partial charge in [-0.1, -0.05) is 13.8 Å². The first-order valence-corrected chi connectivity index (χ1v) is 13.8. The van der Waals surface area contributed by atoms with Crippen LogP contribution >= 0.6 is 0 Å². The fraction of sp³-hybridized carbons (Fsp3) is 0.862. The van der Waals surface area contributed by atoms with Crippen LogP contribution in [0.1, 0.15) is 92.9 Å². The molecule has 3 saturated carbocycles. The van der Waals surface area contributed by atoms with Gasteiger partial charge in [0.05, 0.1) is 29.0 Å². The van der Waals surface area contributed by atoms with Crippen LogP contribution in [-0.4, -0.2) is 72.4 Å². The van der Waals surface area contributed by atoms with Crippen LogP contribution in [0.3, 0.4) is 0 Å². The van der Waals surface area contributed by atoms with E-state index in [0.29, 0.717) is 44.1 Å². The molecule has 0 aromatic rings. The molecule has 4 aliphatic carbocycles. The third kappa shape index (κ3) is 4.50. The number of hydrogen-bond donors (Lipinski definition) is 5. The lowest BCUT2D eigenvalue weighted by molar-refractivity contribution is -0.182. The molecule has 0 bridgehead atoms. The van der Waals surface area contributed by atoms with Gasteiger partial charge < -0.3 is 30.3 Å². The molecule has 0 radical (unpaired) electrons. The van der Waals surface area contributed by atoms with Crippen LogP contribution in [-0.2, 0) is 14.3 Å². The number of ether oxygens (including phenoxy) is 1. The number of aliphatic hydroxyl groups is 5. The Morgan fingerprint density at radius 2 is 1.81 bits per heavy atom. The normalized spacial score (nSPS) is 44.1. The molecule has 0 spiro atoms. The quantitative estimate of drug-likeness (QED) is 0.335. The van der Waals surface area contributed by atoms with Crippen LogP contribution in [0.4, 0.5) is 0 Å². The number of ketones is 1. The van der Waals surface area contributed by atoms with Gasteiger partial charge in [-0.2, -0.15) is 0 Å². The molecule has 4 aliphatic rings. The Kier molecular flexibility index (Phi) is 7.07. The summed E-state index contributed by atoms with van der Waals surface area (Å²) in [6.07, 6.45) is 2.17. The van der Waals surface area contributed by atoms with Crippen molar-refractivity contribution in [3.05, 3.63) is 11.6 Å². The van der Waals surface area contributed by atoms with Crippen molar-refractivity contribution in [2.75, 3.05) is 0 Å². The summed E-state index contributed by atoms with van der Waals surface area (Å²) < 4.78 is 5.44. The largest absolute Gasteiger partial charge is 0.460 e. The fourth-order valence-corrected chi connectivity index (χ4v) is 8.63. The van der Waals surface area contributed by atoms with Crippen LogP contribution in [0.15, 0.2) is 11.6 Å². The summed E-state index contributed by atoms with van der Waals surface area (Å²) in [6.45, 7) is 10.3. The van der Waals surface area contributed by atoms with Gasteiger partial charge in [0.15, 0.2) is 5.78 Å². The molecule has 0 aromatic carbocycles. The van der Waals surface area contributed by atoms with Crippen LogP contribution < -0.4 is 0 Å². The smallest absolute Gasteiger partial charge is 0.302 e. The average Bonchev–Trinajstić information content (AvgIpc) is 3.05. The van der Waals surface area contributed by atoms with Crippen molar-refractivity contribution < 1.29 is 39.9 Å². The Bertz CT molecular complexity index is 965. The van der Waals surface area contributed by atoms with Gasteiger partial charge in [0.1, 0.15) is 6.10 Å². The van der Waals surface area contributed by atoms with Gasteiger partial charge in [-0.25, -0.2) is 0 Å². The molecule has 37 heavy (non-hydrogen) atoms. The molecule has 0 aromatic heterocycles. The molecule has 4 rings (SSSR count). The van der Waals surface area contributed by atoms with Crippen LogP contribution in [0.2, 0.25) is 0 Å². The molecule has 10 atom stereocenters. The van der Waals surface area contributed by atoms with Crippen molar-refractivity contribution in [2.45, 2.75) is 128 Å². The van der Waals surface area contributed by atoms with Crippen LogP contribution in [0, 0.1) is 28.6 Å². The highest BCUT2D eigenvalue weighted by Gasteiger charge is 2.69. The molecule has 0 saturated heterocycles. The Balaban J connectivity index is 1.66. The number of rotatable bonds is 6. The van der Waals surface area contributed by atoms with E-state index >= 15 is 0 Å². The summed E-state index contributed by atoms with van der Waals surface area (Å²) in [6, 6.07) is 0. The van der Waals surface area contributed by atoms with E-state index in [-0.39, 0.29) is 24.5 Å². The first-order chi connectivity index (χ1) is 16.9. The van der Waals surface area contributed by atoms with Crippen molar-refractivity contribution in [1.82, 2.24) is 0 Å². The van der Waals surface area contributed by atoms with E-state index in [0.717, 1.165) is 0 Å². The maximum Gasteiger partial charge on any atom is 0.302 e. The molecule has 8 heteroatoms. The van der Waals surface area contributed by atoms with Gasteiger partial charge in [-0.3, -0.25) is 9.59 Å². The summed E-state index contributed by atoms with van der Waals surface area (Å²) in [5.41, 5.74) is -4.43. The SMILES string of the molecule is CC(=O)O[C@H]1C[C@@]2(C)[C@@H](C[C@H]1O)C(=O)C=C1[C@@H]2CC[C@]2(C)[C@@H]([C@@](C)(O)[C@H](O)CCC(C)(C)O)CC[C@]12O.